The molecular formula is C7H11NO2. The zero-order valence-electron chi connectivity index (χ0n) is 6.04. The Hall–Kier alpha value is -0.570. The summed E-state index contributed by atoms with van der Waals surface area (Å²) in [5.41, 5.74) is 1.20. The van der Waals surface area contributed by atoms with Crippen molar-refractivity contribution in [2.24, 2.45) is 11.1 Å². The van der Waals surface area contributed by atoms with E-state index < -0.39 is 0 Å². The van der Waals surface area contributed by atoms with Gasteiger partial charge in [0.15, 0.2) is 0 Å². The normalized spacial score (nSPS) is 37.1. The van der Waals surface area contributed by atoms with Gasteiger partial charge in [-0.2, -0.15) is 0 Å². The fourth-order valence-electron chi connectivity index (χ4n) is 1.60. The zero-order valence-corrected chi connectivity index (χ0v) is 6.04. The summed E-state index contributed by atoms with van der Waals surface area (Å²) >= 11 is 0. The van der Waals surface area contributed by atoms with Gasteiger partial charge in [0.1, 0.15) is 6.61 Å². The van der Waals surface area contributed by atoms with E-state index in [4.69, 9.17) is 9.57 Å². The fraction of sp³-hybridized carbons (Fsp3) is 0.857. The molecule has 1 heterocycles. The van der Waals surface area contributed by atoms with Crippen LogP contribution in [0, 0.1) is 5.92 Å². The van der Waals surface area contributed by atoms with E-state index in [1.165, 1.54) is 5.71 Å². The molecular weight excluding hydrogens is 130 g/mol. The van der Waals surface area contributed by atoms with E-state index in [0.717, 1.165) is 19.4 Å². The summed E-state index contributed by atoms with van der Waals surface area (Å²) in [5.74, 6) is 0.560. The largest absolute Gasteiger partial charge is 0.395 e. The molecule has 0 N–H and O–H groups in total. The minimum Gasteiger partial charge on any atom is -0.395 e. The number of rotatable bonds is 1. The SMILES string of the molecule is COC1CC2=NOC[C@@H]2C1. The van der Waals surface area contributed by atoms with Crippen LogP contribution >= 0.6 is 0 Å². The van der Waals surface area contributed by atoms with Crippen LogP contribution in [0.1, 0.15) is 12.8 Å². The molecule has 0 aromatic heterocycles. The Kier molecular flexibility index (Phi) is 1.38. The van der Waals surface area contributed by atoms with Crippen molar-refractivity contribution < 1.29 is 9.57 Å². The first kappa shape index (κ1) is 6.16. The van der Waals surface area contributed by atoms with Gasteiger partial charge >= 0.3 is 0 Å². The van der Waals surface area contributed by atoms with Crippen LogP contribution in [0.3, 0.4) is 0 Å². The van der Waals surface area contributed by atoms with Gasteiger partial charge in [-0.25, -0.2) is 0 Å². The number of hydrogen-bond acceptors (Lipinski definition) is 3. The second kappa shape index (κ2) is 2.23. The summed E-state index contributed by atoms with van der Waals surface area (Å²) in [5, 5.41) is 3.93. The second-order valence-corrected chi connectivity index (χ2v) is 2.87. The smallest absolute Gasteiger partial charge is 0.125 e. The molecule has 1 aliphatic carbocycles. The first-order chi connectivity index (χ1) is 4.90. The molecule has 1 saturated carbocycles. The van der Waals surface area contributed by atoms with Crippen molar-refractivity contribution in [2.75, 3.05) is 13.7 Å². The number of ether oxygens (including phenoxy) is 1. The van der Waals surface area contributed by atoms with Gasteiger partial charge in [-0.3, -0.25) is 0 Å². The van der Waals surface area contributed by atoms with Crippen LogP contribution in [0.25, 0.3) is 0 Å². The molecule has 0 radical (unpaired) electrons. The summed E-state index contributed by atoms with van der Waals surface area (Å²) < 4.78 is 5.21. The highest BCUT2D eigenvalue weighted by Crippen LogP contribution is 2.29. The van der Waals surface area contributed by atoms with Crippen molar-refractivity contribution >= 4 is 5.71 Å². The quantitative estimate of drug-likeness (QED) is 0.540. The molecule has 2 aliphatic rings. The third-order valence-electron chi connectivity index (χ3n) is 2.25. The first-order valence-electron chi connectivity index (χ1n) is 3.61. The van der Waals surface area contributed by atoms with Crippen LogP contribution < -0.4 is 0 Å². The third kappa shape index (κ3) is 0.814. The molecule has 2 atom stereocenters. The maximum Gasteiger partial charge on any atom is 0.125 e. The molecule has 56 valence electrons. The lowest BCUT2D eigenvalue weighted by molar-refractivity contribution is 0.0868. The van der Waals surface area contributed by atoms with Crippen molar-refractivity contribution in [3.05, 3.63) is 0 Å². The van der Waals surface area contributed by atoms with Crippen molar-refractivity contribution in [1.82, 2.24) is 0 Å². The van der Waals surface area contributed by atoms with Gasteiger partial charge in [0.2, 0.25) is 0 Å². The lowest BCUT2D eigenvalue weighted by Crippen LogP contribution is -2.06. The Morgan fingerprint density at radius 1 is 1.70 bits per heavy atom. The summed E-state index contributed by atoms with van der Waals surface area (Å²) in [6.45, 7) is 0.773. The van der Waals surface area contributed by atoms with E-state index in [0.29, 0.717) is 12.0 Å². The highest BCUT2D eigenvalue weighted by molar-refractivity contribution is 5.89. The predicted molar refractivity (Wildman–Crippen MR) is 36.9 cm³/mol. The number of hydrogen-bond donors (Lipinski definition) is 0. The molecule has 2 rings (SSSR count). The van der Waals surface area contributed by atoms with Crippen molar-refractivity contribution in [3.8, 4) is 0 Å². The molecule has 0 amide bonds. The average molecular weight is 141 g/mol. The van der Waals surface area contributed by atoms with Gasteiger partial charge in [0.05, 0.1) is 11.8 Å². The Balaban J connectivity index is 2.05. The molecule has 0 aromatic carbocycles. The molecule has 3 heteroatoms. The first-order valence-corrected chi connectivity index (χ1v) is 3.61. The maximum absolute atomic E-state index is 5.21. The monoisotopic (exact) mass is 141 g/mol. The summed E-state index contributed by atoms with van der Waals surface area (Å²) in [7, 11) is 1.76. The van der Waals surface area contributed by atoms with E-state index in [9.17, 15) is 0 Å². The van der Waals surface area contributed by atoms with E-state index in [1.54, 1.807) is 7.11 Å². The lowest BCUT2D eigenvalue weighted by atomic mass is 10.1. The predicted octanol–water partition coefficient (Wildman–Crippen LogP) is 0.798. The number of oxime groups is 1. The van der Waals surface area contributed by atoms with Crippen molar-refractivity contribution in [3.63, 3.8) is 0 Å². The summed E-state index contributed by atoms with van der Waals surface area (Å²) in [6, 6.07) is 0. The van der Waals surface area contributed by atoms with E-state index in [-0.39, 0.29) is 0 Å². The van der Waals surface area contributed by atoms with E-state index >= 15 is 0 Å². The number of nitrogens with zero attached hydrogens (tertiary/aromatic N) is 1. The Labute approximate surface area is 60.0 Å². The third-order valence-corrected chi connectivity index (χ3v) is 2.25. The topological polar surface area (TPSA) is 30.8 Å². The molecule has 0 saturated heterocycles. The Bertz CT molecular complexity index is 167. The van der Waals surface area contributed by atoms with Gasteiger partial charge in [-0.15, -0.1) is 0 Å². The van der Waals surface area contributed by atoms with Gasteiger partial charge in [-0.1, -0.05) is 5.16 Å². The molecule has 3 nitrogen and oxygen atoms in total. The lowest BCUT2D eigenvalue weighted by Gasteiger charge is -2.05. The second-order valence-electron chi connectivity index (χ2n) is 2.87. The molecule has 0 spiro atoms. The highest BCUT2D eigenvalue weighted by Gasteiger charge is 2.34. The molecule has 0 bridgehead atoms. The minimum absolute atomic E-state index is 0.396. The van der Waals surface area contributed by atoms with Crippen LogP contribution in [0.15, 0.2) is 5.16 Å². The number of methoxy groups -OCH3 is 1. The highest BCUT2D eigenvalue weighted by atomic mass is 16.6. The maximum atomic E-state index is 5.21. The Morgan fingerprint density at radius 2 is 2.60 bits per heavy atom. The average Bonchev–Trinajstić information content (AvgIpc) is 2.42. The zero-order chi connectivity index (χ0) is 6.97. The molecule has 1 fully saturated rings. The van der Waals surface area contributed by atoms with E-state index in [1.807, 2.05) is 0 Å². The molecule has 1 unspecified atom stereocenters. The van der Waals surface area contributed by atoms with Gasteiger partial charge < -0.3 is 9.57 Å². The van der Waals surface area contributed by atoms with Crippen LogP contribution in [-0.4, -0.2) is 25.5 Å². The standard InChI is InChI=1S/C7H11NO2/c1-9-6-2-5-4-10-8-7(5)3-6/h5-6H,2-4H2,1H3/t5-,6?/m0/s1. The van der Waals surface area contributed by atoms with Crippen LogP contribution in [0.2, 0.25) is 0 Å². The van der Waals surface area contributed by atoms with Crippen LogP contribution in [0.4, 0.5) is 0 Å². The minimum atomic E-state index is 0.396. The molecule has 10 heavy (non-hydrogen) atoms. The fourth-order valence-corrected chi connectivity index (χ4v) is 1.60. The summed E-state index contributed by atoms with van der Waals surface area (Å²) in [4.78, 5) is 4.94. The number of fused-ring (bicyclic) bond motifs is 1. The molecule has 0 aromatic rings. The van der Waals surface area contributed by atoms with Gasteiger partial charge in [0, 0.05) is 19.4 Å². The summed E-state index contributed by atoms with van der Waals surface area (Å²) in [6.07, 6.45) is 2.46. The van der Waals surface area contributed by atoms with Gasteiger partial charge in [-0.05, 0) is 6.42 Å². The van der Waals surface area contributed by atoms with Crippen molar-refractivity contribution in [1.29, 1.82) is 0 Å². The van der Waals surface area contributed by atoms with E-state index in [2.05, 4.69) is 5.16 Å². The van der Waals surface area contributed by atoms with Crippen molar-refractivity contribution in [2.45, 2.75) is 18.9 Å². The van der Waals surface area contributed by atoms with Crippen LogP contribution in [0.5, 0.6) is 0 Å². The molecule has 1 aliphatic heterocycles. The van der Waals surface area contributed by atoms with Crippen LogP contribution in [-0.2, 0) is 9.57 Å². The Morgan fingerprint density at radius 3 is 3.30 bits per heavy atom. The van der Waals surface area contributed by atoms with Gasteiger partial charge in [0.25, 0.3) is 0 Å².